The minimum Gasteiger partial charge on any atom is -0.309 e. The van der Waals surface area contributed by atoms with Gasteiger partial charge in [-0.1, -0.05) is 12.5 Å². The standard InChI is InChI=1S/C16H27N3/c1-13-9-16(11-18-15(13)3)10-17-14(2)12-19-7-5-4-6-8-19/h9,11,14,17H,4-8,10,12H2,1-3H3/t14-/m1/s1. The van der Waals surface area contributed by atoms with Crippen LogP contribution in [0.4, 0.5) is 0 Å². The first-order valence-corrected chi connectivity index (χ1v) is 7.53. The van der Waals surface area contributed by atoms with Crippen LogP contribution in [0.15, 0.2) is 12.3 Å². The van der Waals surface area contributed by atoms with E-state index >= 15 is 0 Å². The molecule has 2 rings (SSSR count). The fourth-order valence-electron chi connectivity index (χ4n) is 2.68. The zero-order valence-electron chi connectivity index (χ0n) is 12.6. The van der Waals surface area contributed by atoms with E-state index in [1.165, 1.54) is 43.5 Å². The summed E-state index contributed by atoms with van der Waals surface area (Å²) in [5.74, 6) is 0. The number of likely N-dealkylation sites (tertiary alicyclic amines) is 1. The van der Waals surface area contributed by atoms with E-state index in [1.54, 1.807) is 0 Å². The monoisotopic (exact) mass is 261 g/mol. The molecule has 0 spiro atoms. The zero-order valence-corrected chi connectivity index (χ0v) is 12.6. The predicted molar refractivity (Wildman–Crippen MR) is 80.3 cm³/mol. The van der Waals surface area contributed by atoms with E-state index < -0.39 is 0 Å². The van der Waals surface area contributed by atoms with Gasteiger partial charge in [-0.3, -0.25) is 4.98 Å². The van der Waals surface area contributed by atoms with Crippen molar-refractivity contribution in [1.29, 1.82) is 0 Å². The number of aryl methyl sites for hydroxylation is 2. The second-order valence-electron chi connectivity index (χ2n) is 5.89. The van der Waals surface area contributed by atoms with Crippen LogP contribution in [0.5, 0.6) is 0 Å². The van der Waals surface area contributed by atoms with Crippen LogP contribution in [-0.2, 0) is 6.54 Å². The van der Waals surface area contributed by atoms with Gasteiger partial charge in [-0.2, -0.15) is 0 Å². The van der Waals surface area contributed by atoms with Crippen molar-refractivity contribution >= 4 is 0 Å². The molecule has 0 aliphatic carbocycles. The molecule has 0 bridgehead atoms. The van der Waals surface area contributed by atoms with Gasteiger partial charge in [0.2, 0.25) is 0 Å². The number of nitrogens with one attached hydrogen (secondary N) is 1. The smallest absolute Gasteiger partial charge is 0.0402 e. The summed E-state index contributed by atoms with van der Waals surface area (Å²) < 4.78 is 0. The Kier molecular flexibility index (Phi) is 5.34. The molecule has 2 heterocycles. The lowest BCUT2D eigenvalue weighted by molar-refractivity contribution is 0.209. The maximum Gasteiger partial charge on any atom is 0.0402 e. The van der Waals surface area contributed by atoms with Gasteiger partial charge in [-0.05, 0) is 57.8 Å². The molecule has 0 radical (unpaired) electrons. The van der Waals surface area contributed by atoms with Gasteiger partial charge < -0.3 is 10.2 Å². The lowest BCUT2D eigenvalue weighted by Crippen LogP contribution is -2.41. The third-order valence-corrected chi connectivity index (χ3v) is 4.03. The molecule has 0 saturated carbocycles. The summed E-state index contributed by atoms with van der Waals surface area (Å²) in [7, 11) is 0. The van der Waals surface area contributed by atoms with Crippen LogP contribution in [0.1, 0.15) is 43.0 Å². The van der Waals surface area contributed by atoms with Gasteiger partial charge in [-0.25, -0.2) is 0 Å². The van der Waals surface area contributed by atoms with E-state index in [4.69, 9.17) is 0 Å². The van der Waals surface area contributed by atoms with Gasteiger partial charge in [0.15, 0.2) is 0 Å². The summed E-state index contributed by atoms with van der Waals surface area (Å²) in [5.41, 5.74) is 3.70. The fraction of sp³-hybridized carbons (Fsp3) is 0.688. The van der Waals surface area contributed by atoms with Crippen molar-refractivity contribution in [1.82, 2.24) is 15.2 Å². The molecule has 1 saturated heterocycles. The van der Waals surface area contributed by atoms with Crippen LogP contribution in [0.3, 0.4) is 0 Å². The van der Waals surface area contributed by atoms with Crippen LogP contribution < -0.4 is 5.32 Å². The lowest BCUT2D eigenvalue weighted by Gasteiger charge is -2.29. The van der Waals surface area contributed by atoms with Gasteiger partial charge >= 0.3 is 0 Å². The first kappa shape index (κ1) is 14.5. The number of nitrogens with zero attached hydrogens (tertiary/aromatic N) is 2. The largest absolute Gasteiger partial charge is 0.309 e. The number of hydrogen-bond acceptors (Lipinski definition) is 3. The molecule has 3 nitrogen and oxygen atoms in total. The van der Waals surface area contributed by atoms with E-state index in [9.17, 15) is 0 Å². The third kappa shape index (κ3) is 4.59. The summed E-state index contributed by atoms with van der Waals surface area (Å²) in [6.07, 6.45) is 6.14. The summed E-state index contributed by atoms with van der Waals surface area (Å²) in [6, 6.07) is 2.78. The van der Waals surface area contributed by atoms with Gasteiger partial charge in [0.05, 0.1) is 0 Å². The van der Waals surface area contributed by atoms with Crippen molar-refractivity contribution in [2.24, 2.45) is 0 Å². The molecule has 1 fully saturated rings. The third-order valence-electron chi connectivity index (χ3n) is 4.03. The number of rotatable bonds is 5. The first-order valence-electron chi connectivity index (χ1n) is 7.53. The average molecular weight is 261 g/mol. The minimum atomic E-state index is 0.541. The van der Waals surface area contributed by atoms with E-state index in [-0.39, 0.29) is 0 Å². The summed E-state index contributed by atoms with van der Waals surface area (Å²) in [6.45, 7) is 11.1. The topological polar surface area (TPSA) is 28.2 Å². The Labute approximate surface area is 117 Å². The second-order valence-corrected chi connectivity index (χ2v) is 5.89. The molecule has 1 aromatic heterocycles. The molecular weight excluding hydrogens is 234 g/mol. The van der Waals surface area contributed by atoms with Gasteiger partial charge in [-0.15, -0.1) is 0 Å². The molecule has 1 N–H and O–H groups in total. The molecule has 19 heavy (non-hydrogen) atoms. The fourth-order valence-corrected chi connectivity index (χ4v) is 2.68. The molecule has 0 unspecified atom stereocenters. The van der Waals surface area contributed by atoms with Crippen molar-refractivity contribution < 1.29 is 0 Å². The van der Waals surface area contributed by atoms with E-state index in [0.29, 0.717) is 6.04 Å². The van der Waals surface area contributed by atoms with Gasteiger partial charge in [0, 0.05) is 31.0 Å². The van der Waals surface area contributed by atoms with Gasteiger partial charge in [0.25, 0.3) is 0 Å². The summed E-state index contributed by atoms with van der Waals surface area (Å²) >= 11 is 0. The molecular formula is C16H27N3. The van der Waals surface area contributed by atoms with Crippen molar-refractivity contribution in [2.45, 2.75) is 52.6 Å². The van der Waals surface area contributed by atoms with Crippen molar-refractivity contribution in [3.8, 4) is 0 Å². The van der Waals surface area contributed by atoms with Crippen molar-refractivity contribution in [3.63, 3.8) is 0 Å². The Bertz CT molecular complexity index is 397. The van der Waals surface area contributed by atoms with E-state index in [2.05, 4.69) is 42.0 Å². The highest BCUT2D eigenvalue weighted by Gasteiger charge is 2.12. The summed E-state index contributed by atoms with van der Waals surface area (Å²) in [4.78, 5) is 7.01. The Morgan fingerprint density at radius 2 is 2.00 bits per heavy atom. The van der Waals surface area contributed by atoms with Crippen molar-refractivity contribution in [2.75, 3.05) is 19.6 Å². The Hall–Kier alpha value is -0.930. The molecule has 1 aliphatic rings. The number of aromatic nitrogens is 1. The second kappa shape index (κ2) is 7.01. The van der Waals surface area contributed by atoms with Crippen molar-refractivity contribution in [3.05, 3.63) is 29.1 Å². The van der Waals surface area contributed by atoms with Crippen LogP contribution in [0.25, 0.3) is 0 Å². The van der Waals surface area contributed by atoms with E-state index in [0.717, 1.165) is 18.8 Å². The SMILES string of the molecule is Cc1cc(CN[C@H](C)CN2CCCCC2)cnc1C. The van der Waals surface area contributed by atoms with Crippen LogP contribution in [0.2, 0.25) is 0 Å². The lowest BCUT2D eigenvalue weighted by atomic mass is 10.1. The van der Waals surface area contributed by atoms with Crippen LogP contribution >= 0.6 is 0 Å². The normalized spacial score (nSPS) is 18.5. The minimum absolute atomic E-state index is 0.541. The highest BCUT2D eigenvalue weighted by Crippen LogP contribution is 2.09. The highest BCUT2D eigenvalue weighted by atomic mass is 15.1. The Morgan fingerprint density at radius 1 is 1.26 bits per heavy atom. The number of piperidine rings is 1. The predicted octanol–water partition coefficient (Wildman–Crippen LogP) is 2.66. The molecule has 0 aromatic carbocycles. The quantitative estimate of drug-likeness (QED) is 0.883. The molecule has 0 amide bonds. The first-order chi connectivity index (χ1) is 9.15. The number of pyridine rings is 1. The maximum absolute atomic E-state index is 4.42. The molecule has 1 aliphatic heterocycles. The van der Waals surface area contributed by atoms with E-state index in [1.807, 2.05) is 6.20 Å². The molecule has 1 aromatic rings. The molecule has 106 valence electrons. The Morgan fingerprint density at radius 3 is 2.68 bits per heavy atom. The number of hydrogen-bond donors (Lipinski definition) is 1. The molecule has 3 heteroatoms. The average Bonchev–Trinajstić information content (AvgIpc) is 2.41. The summed E-state index contributed by atoms with van der Waals surface area (Å²) in [5, 5.41) is 3.61. The maximum atomic E-state index is 4.42. The van der Waals surface area contributed by atoms with Gasteiger partial charge in [0.1, 0.15) is 0 Å². The zero-order chi connectivity index (χ0) is 13.7. The Balaban J connectivity index is 1.75. The van der Waals surface area contributed by atoms with Crippen LogP contribution in [-0.4, -0.2) is 35.6 Å². The van der Waals surface area contributed by atoms with Crippen LogP contribution in [0, 0.1) is 13.8 Å². The highest BCUT2D eigenvalue weighted by molar-refractivity contribution is 5.22. The molecule has 1 atom stereocenters.